The SMILES string of the molecule is COc1ccc2c(Nc3c(Cl)cncc3Cl)ccnc2c1OCCCCN1CCOCC1. The number of hydrogen-bond acceptors (Lipinski definition) is 7. The van der Waals surface area contributed by atoms with Gasteiger partial charge < -0.3 is 19.5 Å². The number of methoxy groups -OCH3 is 1. The second-order valence-electron chi connectivity index (χ2n) is 7.46. The van der Waals surface area contributed by atoms with Crippen LogP contribution in [0.15, 0.2) is 36.8 Å². The summed E-state index contributed by atoms with van der Waals surface area (Å²) in [6.07, 6.45) is 6.82. The maximum absolute atomic E-state index is 6.28. The molecule has 1 saturated heterocycles. The van der Waals surface area contributed by atoms with Crippen molar-refractivity contribution in [3.63, 3.8) is 0 Å². The number of morpholine rings is 1. The Hall–Kier alpha value is -2.32. The van der Waals surface area contributed by atoms with Crippen LogP contribution >= 0.6 is 23.2 Å². The molecule has 32 heavy (non-hydrogen) atoms. The van der Waals surface area contributed by atoms with E-state index >= 15 is 0 Å². The van der Waals surface area contributed by atoms with Crippen LogP contribution in [0.4, 0.5) is 11.4 Å². The van der Waals surface area contributed by atoms with E-state index in [1.54, 1.807) is 25.7 Å². The van der Waals surface area contributed by atoms with E-state index in [0.717, 1.165) is 56.8 Å². The lowest BCUT2D eigenvalue weighted by Gasteiger charge is -2.26. The van der Waals surface area contributed by atoms with Gasteiger partial charge in [-0.15, -0.1) is 0 Å². The van der Waals surface area contributed by atoms with Crippen molar-refractivity contribution >= 4 is 45.5 Å². The molecule has 0 radical (unpaired) electrons. The first-order valence-corrected chi connectivity index (χ1v) is 11.4. The number of rotatable bonds is 9. The van der Waals surface area contributed by atoms with Crippen molar-refractivity contribution in [1.29, 1.82) is 0 Å². The van der Waals surface area contributed by atoms with Crippen molar-refractivity contribution < 1.29 is 14.2 Å². The van der Waals surface area contributed by atoms with Crippen LogP contribution in [0.25, 0.3) is 10.9 Å². The number of halogens is 2. The molecule has 7 nitrogen and oxygen atoms in total. The fourth-order valence-corrected chi connectivity index (χ4v) is 4.14. The highest BCUT2D eigenvalue weighted by Crippen LogP contribution is 2.39. The van der Waals surface area contributed by atoms with E-state index in [4.69, 9.17) is 37.4 Å². The summed E-state index contributed by atoms with van der Waals surface area (Å²) in [5.74, 6) is 1.28. The van der Waals surface area contributed by atoms with E-state index in [1.165, 1.54) is 0 Å². The van der Waals surface area contributed by atoms with Crippen molar-refractivity contribution in [2.45, 2.75) is 12.8 Å². The average molecular weight is 477 g/mol. The molecule has 0 unspecified atom stereocenters. The third-order valence-electron chi connectivity index (χ3n) is 5.38. The van der Waals surface area contributed by atoms with Crippen LogP contribution in [0.5, 0.6) is 11.5 Å². The quantitative estimate of drug-likeness (QED) is 0.426. The number of aromatic nitrogens is 2. The first-order valence-electron chi connectivity index (χ1n) is 10.6. The molecule has 1 N–H and O–H groups in total. The smallest absolute Gasteiger partial charge is 0.187 e. The highest BCUT2D eigenvalue weighted by Gasteiger charge is 2.16. The summed E-state index contributed by atoms with van der Waals surface area (Å²) in [5, 5.41) is 5.06. The maximum atomic E-state index is 6.28. The molecule has 0 bridgehead atoms. The van der Waals surface area contributed by atoms with Crippen LogP contribution in [-0.4, -0.2) is 61.4 Å². The van der Waals surface area contributed by atoms with Crippen LogP contribution in [0.2, 0.25) is 10.0 Å². The number of ether oxygens (including phenoxy) is 3. The Labute approximate surface area is 197 Å². The molecule has 2 aromatic heterocycles. The van der Waals surface area contributed by atoms with Gasteiger partial charge >= 0.3 is 0 Å². The van der Waals surface area contributed by atoms with E-state index < -0.39 is 0 Å². The van der Waals surface area contributed by atoms with Crippen LogP contribution in [0.3, 0.4) is 0 Å². The number of benzene rings is 1. The predicted molar refractivity (Wildman–Crippen MR) is 128 cm³/mol. The van der Waals surface area contributed by atoms with Crippen molar-refractivity contribution in [1.82, 2.24) is 14.9 Å². The molecule has 4 rings (SSSR count). The topological polar surface area (TPSA) is 68.7 Å². The van der Waals surface area contributed by atoms with Crippen molar-refractivity contribution in [2.75, 3.05) is 51.9 Å². The minimum atomic E-state index is 0.438. The predicted octanol–water partition coefficient (Wildman–Crippen LogP) is 5.18. The van der Waals surface area contributed by atoms with Crippen molar-refractivity contribution in [3.05, 3.63) is 46.8 Å². The largest absolute Gasteiger partial charge is 0.493 e. The molecule has 1 aromatic carbocycles. The first-order chi connectivity index (χ1) is 15.7. The lowest BCUT2D eigenvalue weighted by molar-refractivity contribution is 0.0368. The minimum Gasteiger partial charge on any atom is -0.493 e. The standard InChI is InChI=1S/C23H26Cl2N4O3/c1-30-20-5-4-16-19(28-22-17(24)14-26-15-18(22)25)6-7-27-21(16)23(20)32-11-3-2-8-29-9-12-31-13-10-29/h4-7,14-15H,2-3,8-13H2,1H3,(H,26,27,28). The van der Waals surface area contributed by atoms with Gasteiger partial charge in [0.2, 0.25) is 0 Å². The number of unbranched alkanes of at least 4 members (excludes halogenated alkanes) is 1. The molecule has 9 heteroatoms. The zero-order valence-electron chi connectivity index (χ0n) is 17.9. The third-order valence-corrected chi connectivity index (χ3v) is 5.96. The molecule has 0 spiro atoms. The number of fused-ring (bicyclic) bond motifs is 1. The second kappa shape index (κ2) is 11.0. The van der Waals surface area contributed by atoms with Gasteiger partial charge in [-0.3, -0.25) is 14.9 Å². The van der Waals surface area contributed by atoms with Crippen LogP contribution in [0.1, 0.15) is 12.8 Å². The Morgan fingerprint density at radius 2 is 1.88 bits per heavy atom. The van der Waals surface area contributed by atoms with Gasteiger partial charge in [0.15, 0.2) is 11.5 Å². The zero-order chi connectivity index (χ0) is 22.3. The van der Waals surface area contributed by atoms with Crippen LogP contribution < -0.4 is 14.8 Å². The zero-order valence-corrected chi connectivity index (χ0v) is 19.5. The number of hydrogen-bond donors (Lipinski definition) is 1. The monoisotopic (exact) mass is 476 g/mol. The Morgan fingerprint density at radius 3 is 2.62 bits per heavy atom. The average Bonchev–Trinajstić information content (AvgIpc) is 2.82. The molecular weight excluding hydrogens is 451 g/mol. The number of anilines is 2. The maximum Gasteiger partial charge on any atom is 0.187 e. The number of nitrogens with zero attached hydrogens (tertiary/aromatic N) is 3. The first kappa shape index (κ1) is 22.9. The fraction of sp³-hybridized carbons (Fsp3) is 0.391. The van der Waals surface area contributed by atoms with Gasteiger partial charge in [-0.25, -0.2) is 0 Å². The summed E-state index contributed by atoms with van der Waals surface area (Å²) in [4.78, 5) is 11.0. The van der Waals surface area contributed by atoms with Gasteiger partial charge in [-0.2, -0.15) is 0 Å². The minimum absolute atomic E-state index is 0.438. The molecule has 0 atom stereocenters. The van der Waals surface area contributed by atoms with E-state index in [2.05, 4.69) is 20.2 Å². The number of pyridine rings is 2. The van der Waals surface area contributed by atoms with Gasteiger partial charge in [0.1, 0.15) is 5.52 Å². The van der Waals surface area contributed by atoms with Gasteiger partial charge in [0, 0.05) is 42.8 Å². The van der Waals surface area contributed by atoms with E-state index in [-0.39, 0.29) is 0 Å². The molecule has 1 fully saturated rings. The Balaban J connectivity index is 1.49. The second-order valence-corrected chi connectivity index (χ2v) is 8.28. The van der Waals surface area contributed by atoms with Gasteiger partial charge in [-0.1, -0.05) is 23.2 Å². The summed E-state index contributed by atoms with van der Waals surface area (Å²) in [6.45, 7) is 5.29. The van der Waals surface area contributed by atoms with Gasteiger partial charge in [-0.05, 0) is 37.6 Å². The van der Waals surface area contributed by atoms with Gasteiger partial charge in [0.05, 0.1) is 42.7 Å². The van der Waals surface area contributed by atoms with E-state index in [1.807, 2.05) is 18.2 Å². The van der Waals surface area contributed by atoms with E-state index in [0.29, 0.717) is 39.4 Å². The molecule has 1 aliphatic heterocycles. The summed E-state index contributed by atoms with van der Waals surface area (Å²) >= 11 is 12.6. The fourth-order valence-electron chi connectivity index (χ4n) is 3.69. The molecule has 170 valence electrons. The van der Waals surface area contributed by atoms with Crippen molar-refractivity contribution in [3.8, 4) is 11.5 Å². The Morgan fingerprint density at radius 1 is 1.09 bits per heavy atom. The number of nitrogens with one attached hydrogen (secondary N) is 1. The lowest BCUT2D eigenvalue weighted by atomic mass is 10.1. The molecule has 3 aromatic rings. The summed E-state index contributed by atoms with van der Waals surface area (Å²) in [5.41, 5.74) is 2.12. The van der Waals surface area contributed by atoms with Crippen LogP contribution in [0, 0.1) is 0 Å². The van der Waals surface area contributed by atoms with Gasteiger partial charge in [0.25, 0.3) is 0 Å². The lowest BCUT2D eigenvalue weighted by Crippen LogP contribution is -2.36. The third kappa shape index (κ3) is 5.35. The molecule has 0 aliphatic carbocycles. The molecule has 0 saturated carbocycles. The molecule has 1 aliphatic rings. The molecular formula is C23H26Cl2N4O3. The Bertz CT molecular complexity index is 1040. The normalized spacial score (nSPS) is 14.5. The summed E-state index contributed by atoms with van der Waals surface area (Å²) in [7, 11) is 1.63. The van der Waals surface area contributed by atoms with Crippen molar-refractivity contribution in [2.24, 2.45) is 0 Å². The highest BCUT2D eigenvalue weighted by atomic mass is 35.5. The highest BCUT2D eigenvalue weighted by molar-refractivity contribution is 6.39. The molecule has 3 heterocycles. The Kier molecular flexibility index (Phi) is 7.86. The summed E-state index contributed by atoms with van der Waals surface area (Å²) < 4.78 is 17.1. The van der Waals surface area contributed by atoms with Crippen LogP contribution in [-0.2, 0) is 4.74 Å². The molecule has 0 amide bonds. The summed E-state index contributed by atoms with van der Waals surface area (Å²) in [6, 6.07) is 5.69. The van der Waals surface area contributed by atoms with E-state index in [9.17, 15) is 0 Å².